The zero-order chi connectivity index (χ0) is 22.7. The Kier molecular flexibility index (Phi) is 7.12. The molecular formula is C22H27F6N2+. The van der Waals surface area contributed by atoms with Gasteiger partial charge in [-0.1, -0.05) is 24.3 Å². The highest BCUT2D eigenvalue weighted by Gasteiger charge is 2.44. The van der Waals surface area contributed by atoms with E-state index in [1.54, 1.807) is 26.1 Å². The van der Waals surface area contributed by atoms with E-state index >= 15 is 0 Å². The predicted octanol–water partition coefficient (Wildman–Crippen LogP) is 6.24. The number of nitrogens with one attached hydrogen (secondary N) is 1. The van der Waals surface area contributed by atoms with E-state index in [4.69, 9.17) is 0 Å². The third-order valence-corrected chi connectivity index (χ3v) is 5.55. The second kappa shape index (κ2) is 8.88. The van der Waals surface area contributed by atoms with Crippen molar-refractivity contribution in [2.45, 2.75) is 38.7 Å². The zero-order valence-electron chi connectivity index (χ0n) is 17.5. The van der Waals surface area contributed by atoms with Crippen molar-refractivity contribution in [1.82, 2.24) is 5.32 Å². The third-order valence-electron chi connectivity index (χ3n) is 5.55. The second-order valence-corrected chi connectivity index (χ2v) is 7.85. The Morgan fingerprint density at radius 2 is 1.83 bits per heavy atom. The molecule has 0 aromatic heterocycles. The number of benzene rings is 1. The monoisotopic (exact) mass is 433 g/mol. The van der Waals surface area contributed by atoms with Gasteiger partial charge in [0.25, 0.3) is 0 Å². The van der Waals surface area contributed by atoms with Gasteiger partial charge in [0.2, 0.25) is 0 Å². The molecule has 166 valence electrons. The van der Waals surface area contributed by atoms with E-state index in [0.717, 1.165) is 17.8 Å². The van der Waals surface area contributed by atoms with Gasteiger partial charge in [-0.05, 0) is 37.6 Å². The average Bonchev–Trinajstić information content (AvgIpc) is 2.63. The fraction of sp³-hybridized carbons (Fsp3) is 0.455. The van der Waals surface area contributed by atoms with E-state index in [0.29, 0.717) is 25.1 Å². The number of quaternary nitrogens is 1. The second-order valence-electron chi connectivity index (χ2n) is 7.85. The molecule has 1 heterocycles. The number of likely N-dealkylation sites (N-methyl/N-ethyl adjacent to an activating group) is 1. The standard InChI is InChI=1S/C22H27F6N2/c1-15-8-6-5-7-12-30(4,13-11-16(2)29-3)20(15)18-10-9-17(21(23,24)25)14-19(18)22(26,27)28/h5-6,8-11,14,20,29H,7,12-13H2,1-4H3/q+1/b6-5-,15-8+,16-11+. The van der Waals surface area contributed by atoms with Crippen molar-refractivity contribution in [3.63, 3.8) is 0 Å². The van der Waals surface area contributed by atoms with Crippen molar-refractivity contribution in [2.24, 2.45) is 0 Å². The minimum Gasteiger partial charge on any atom is -0.392 e. The first-order valence-electron chi connectivity index (χ1n) is 9.60. The van der Waals surface area contributed by atoms with E-state index in [1.807, 2.05) is 26.1 Å². The number of alkyl halides is 6. The van der Waals surface area contributed by atoms with E-state index in [-0.39, 0.29) is 16.1 Å². The lowest BCUT2D eigenvalue weighted by Crippen LogP contribution is -2.49. The van der Waals surface area contributed by atoms with Gasteiger partial charge in [-0.25, -0.2) is 0 Å². The highest BCUT2D eigenvalue weighted by atomic mass is 19.4. The maximum absolute atomic E-state index is 13.9. The Morgan fingerprint density at radius 1 is 1.17 bits per heavy atom. The number of nitrogens with zero attached hydrogens (tertiary/aromatic N) is 1. The van der Waals surface area contributed by atoms with Crippen LogP contribution in [0, 0.1) is 0 Å². The Bertz CT molecular complexity index is 848. The van der Waals surface area contributed by atoms with Crippen molar-refractivity contribution in [3.05, 3.63) is 70.5 Å². The highest BCUT2D eigenvalue weighted by Crippen LogP contribution is 2.44. The number of allylic oxidation sites excluding steroid dienone is 3. The van der Waals surface area contributed by atoms with Gasteiger partial charge in [0.05, 0.1) is 31.3 Å². The number of hydrogen-bond acceptors (Lipinski definition) is 1. The van der Waals surface area contributed by atoms with E-state index in [1.165, 1.54) is 0 Å². The molecule has 0 saturated heterocycles. The van der Waals surface area contributed by atoms with Gasteiger partial charge in [0.15, 0.2) is 0 Å². The van der Waals surface area contributed by atoms with E-state index in [2.05, 4.69) is 5.32 Å². The molecule has 1 aliphatic rings. The van der Waals surface area contributed by atoms with Crippen LogP contribution in [-0.2, 0) is 12.4 Å². The first-order chi connectivity index (χ1) is 13.8. The van der Waals surface area contributed by atoms with Crippen LogP contribution in [0.3, 0.4) is 0 Å². The van der Waals surface area contributed by atoms with Crippen LogP contribution in [0.25, 0.3) is 0 Å². The van der Waals surface area contributed by atoms with Crippen LogP contribution in [0.4, 0.5) is 26.3 Å². The largest absolute Gasteiger partial charge is 0.416 e. The fourth-order valence-electron chi connectivity index (χ4n) is 3.84. The summed E-state index contributed by atoms with van der Waals surface area (Å²) in [6, 6.07) is 1.22. The Labute approximate surface area is 173 Å². The van der Waals surface area contributed by atoms with Crippen molar-refractivity contribution in [3.8, 4) is 0 Å². The molecule has 1 N–H and O–H groups in total. The molecule has 2 unspecified atom stereocenters. The van der Waals surface area contributed by atoms with Gasteiger partial charge < -0.3 is 9.80 Å². The number of hydrogen-bond donors (Lipinski definition) is 1. The Hall–Kier alpha value is -2.22. The summed E-state index contributed by atoms with van der Waals surface area (Å²) in [5, 5.41) is 2.99. The molecule has 0 amide bonds. The first-order valence-corrected chi connectivity index (χ1v) is 9.60. The minimum atomic E-state index is -4.91. The molecule has 0 aliphatic carbocycles. The number of rotatable bonds is 4. The molecule has 2 atom stereocenters. The van der Waals surface area contributed by atoms with Gasteiger partial charge in [-0.3, -0.25) is 0 Å². The molecule has 0 fully saturated rings. The zero-order valence-corrected chi connectivity index (χ0v) is 17.5. The smallest absolute Gasteiger partial charge is 0.392 e. The molecule has 1 aromatic carbocycles. The maximum atomic E-state index is 13.9. The summed E-state index contributed by atoms with van der Waals surface area (Å²) >= 11 is 0. The van der Waals surface area contributed by atoms with Crippen molar-refractivity contribution in [1.29, 1.82) is 0 Å². The predicted molar refractivity (Wildman–Crippen MR) is 105 cm³/mol. The van der Waals surface area contributed by atoms with Crippen LogP contribution >= 0.6 is 0 Å². The third kappa shape index (κ3) is 5.47. The summed E-state index contributed by atoms with van der Waals surface area (Å²) in [4.78, 5) is 0. The molecule has 1 aromatic rings. The van der Waals surface area contributed by atoms with Crippen LogP contribution in [-0.4, -0.2) is 31.7 Å². The fourth-order valence-corrected chi connectivity index (χ4v) is 3.84. The summed E-state index contributed by atoms with van der Waals surface area (Å²) in [6.45, 7) is 4.54. The van der Waals surface area contributed by atoms with Gasteiger partial charge in [0.1, 0.15) is 6.04 Å². The molecule has 2 rings (SSSR count). The van der Waals surface area contributed by atoms with Crippen LogP contribution < -0.4 is 5.32 Å². The number of halogens is 6. The maximum Gasteiger partial charge on any atom is 0.416 e. The first kappa shape index (κ1) is 24.1. The van der Waals surface area contributed by atoms with Crippen molar-refractivity contribution < 1.29 is 30.8 Å². The molecule has 30 heavy (non-hydrogen) atoms. The Morgan fingerprint density at radius 3 is 2.40 bits per heavy atom. The molecule has 2 nitrogen and oxygen atoms in total. The van der Waals surface area contributed by atoms with Gasteiger partial charge in [-0.15, -0.1) is 0 Å². The van der Waals surface area contributed by atoms with Crippen molar-refractivity contribution in [2.75, 3.05) is 27.2 Å². The molecule has 1 aliphatic heterocycles. The van der Waals surface area contributed by atoms with Gasteiger partial charge >= 0.3 is 12.4 Å². The lowest BCUT2D eigenvalue weighted by Gasteiger charge is -2.43. The molecule has 0 saturated carbocycles. The summed E-state index contributed by atoms with van der Waals surface area (Å²) in [5.41, 5.74) is -1.15. The SMILES string of the molecule is CN/C(C)=C/C[N+]1(C)CC/C=C\C=C(/C)C1c1ccc(C(F)(F)F)cc1C(F)(F)F. The molecular weight excluding hydrogens is 406 g/mol. The molecule has 0 radical (unpaired) electrons. The van der Waals surface area contributed by atoms with E-state index < -0.39 is 29.5 Å². The molecule has 0 spiro atoms. The van der Waals surface area contributed by atoms with Crippen LogP contribution in [0.1, 0.15) is 43.0 Å². The van der Waals surface area contributed by atoms with Crippen LogP contribution in [0.5, 0.6) is 0 Å². The quantitative estimate of drug-likeness (QED) is 0.438. The molecule has 0 bridgehead atoms. The summed E-state index contributed by atoms with van der Waals surface area (Å²) in [5.74, 6) is 0. The molecule has 8 heteroatoms. The normalized spacial score (nSPS) is 26.4. The Balaban J connectivity index is 2.73. The van der Waals surface area contributed by atoms with Crippen LogP contribution in [0.15, 0.2) is 53.8 Å². The lowest BCUT2D eigenvalue weighted by atomic mass is 9.89. The van der Waals surface area contributed by atoms with Crippen molar-refractivity contribution >= 4 is 0 Å². The lowest BCUT2D eigenvalue weighted by molar-refractivity contribution is -0.928. The summed E-state index contributed by atoms with van der Waals surface area (Å²) in [7, 11) is 3.60. The summed E-state index contributed by atoms with van der Waals surface area (Å²) in [6.07, 6.45) is -1.73. The summed E-state index contributed by atoms with van der Waals surface area (Å²) < 4.78 is 81.2. The van der Waals surface area contributed by atoms with Gasteiger partial charge in [-0.2, -0.15) is 26.3 Å². The van der Waals surface area contributed by atoms with E-state index in [9.17, 15) is 26.3 Å². The minimum absolute atomic E-state index is 0.141. The highest BCUT2D eigenvalue weighted by molar-refractivity contribution is 5.40. The van der Waals surface area contributed by atoms with Gasteiger partial charge in [0, 0.05) is 24.7 Å². The topological polar surface area (TPSA) is 12.0 Å². The van der Waals surface area contributed by atoms with Crippen LogP contribution in [0.2, 0.25) is 0 Å². The average molecular weight is 433 g/mol.